The first kappa shape index (κ1) is 29.0. The van der Waals surface area contributed by atoms with Gasteiger partial charge in [0.1, 0.15) is 18.4 Å². The first-order valence-electron chi connectivity index (χ1n) is 13.3. The van der Waals surface area contributed by atoms with Crippen LogP contribution in [-0.2, 0) is 11.5 Å². The second kappa shape index (κ2) is 11.7. The van der Waals surface area contributed by atoms with E-state index in [2.05, 4.69) is 34.9 Å². The number of aromatic amines is 1. The van der Waals surface area contributed by atoms with E-state index in [1.54, 1.807) is 10.6 Å². The van der Waals surface area contributed by atoms with Gasteiger partial charge in [-0.15, -0.1) is 0 Å². The van der Waals surface area contributed by atoms with Crippen LogP contribution in [0.5, 0.6) is 0 Å². The Balaban J connectivity index is 1.54. The van der Waals surface area contributed by atoms with Crippen LogP contribution >= 0.6 is 0 Å². The van der Waals surface area contributed by atoms with Crippen LogP contribution in [0.15, 0.2) is 28.0 Å². The number of H-pyrrole nitrogens is 1. The van der Waals surface area contributed by atoms with E-state index >= 15 is 0 Å². The van der Waals surface area contributed by atoms with E-state index in [0.717, 1.165) is 6.04 Å². The molecule has 0 spiro atoms. The molecule has 39 heavy (non-hydrogen) atoms. The van der Waals surface area contributed by atoms with Gasteiger partial charge in [-0.2, -0.15) is 18.4 Å². The van der Waals surface area contributed by atoms with Gasteiger partial charge in [0.2, 0.25) is 0 Å². The number of rotatable bonds is 10. The Kier molecular flexibility index (Phi) is 8.68. The van der Waals surface area contributed by atoms with Gasteiger partial charge in [-0.3, -0.25) is 14.3 Å². The van der Waals surface area contributed by atoms with Crippen LogP contribution in [0, 0.1) is 17.2 Å². The molecule has 3 aromatic heterocycles. The molecule has 4 rings (SSSR count). The van der Waals surface area contributed by atoms with Gasteiger partial charge in [-0.05, 0) is 50.3 Å². The maximum atomic E-state index is 13.1. The monoisotopic (exact) mass is 564 g/mol. The van der Waals surface area contributed by atoms with Crippen molar-refractivity contribution in [3.8, 4) is 6.07 Å². The molecule has 1 fully saturated rings. The normalized spacial score (nSPS) is 19.4. The Morgan fingerprint density at radius 2 is 1.95 bits per heavy atom. The van der Waals surface area contributed by atoms with Crippen molar-refractivity contribution in [2.75, 3.05) is 13.2 Å². The van der Waals surface area contributed by atoms with Crippen LogP contribution in [0.25, 0.3) is 21.9 Å². The van der Waals surface area contributed by atoms with Gasteiger partial charge in [-0.1, -0.05) is 19.6 Å². The van der Waals surface area contributed by atoms with Crippen LogP contribution < -0.4 is 16.6 Å². The average molecular weight is 565 g/mol. The van der Waals surface area contributed by atoms with Gasteiger partial charge in [0.05, 0.1) is 23.4 Å². The maximum Gasteiger partial charge on any atom is 0.404 e. The number of pyridine rings is 1. The minimum absolute atomic E-state index is 0.00871. The summed E-state index contributed by atoms with van der Waals surface area (Å²) in [5.41, 5.74) is 0.116. The van der Waals surface area contributed by atoms with Crippen molar-refractivity contribution in [3.05, 3.63) is 39.3 Å². The lowest BCUT2D eigenvalue weighted by Crippen LogP contribution is -2.44. The summed E-state index contributed by atoms with van der Waals surface area (Å²) < 4.78 is 48.8. The first-order chi connectivity index (χ1) is 18.4. The zero-order chi connectivity index (χ0) is 28.4. The number of nitrogens with zero attached hydrogens (tertiary/aromatic N) is 4. The Morgan fingerprint density at radius 1 is 1.23 bits per heavy atom. The Morgan fingerprint density at radius 3 is 2.59 bits per heavy atom. The minimum Gasteiger partial charge on any atom is -0.361 e. The van der Waals surface area contributed by atoms with Gasteiger partial charge in [0.25, 0.3) is 5.56 Å². The maximum absolute atomic E-state index is 13.1. The van der Waals surface area contributed by atoms with Crippen LogP contribution in [0.3, 0.4) is 0 Å². The van der Waals surface area contributed by atoms with Crippen LogP contribution in [0.2, 0.25) is 25.7 Å². The molecule has 1 aliphatic carbocycles. The number of ether oxygens (including phenoxy) is 1. The zero-order valence-electron chi connectivity index (χ0n) is 22.5. The molecule has 3 aromatic rings. The number of hydrogen-bond acceptors (Lipinski definition) is 6. The fourth-order valence-corrected chi connectivity index (χ4v) is 5.94. The van der Waals surface area contributed by atoms with Gasteiger partial charge < -0.3 is 14.6 Å². The third-order valence-corrected chi connectivity index (χ3v) is 9.14. The smallest absolute Gasteiger partial charge is 0.361 e. The number of fused-ring (bicyclic) bond motifs is 3. The average Bonchev–Trinajstić information content (AvgIpc) is 3.27. The molecule has 3 heterocycles. The van der Waals surface area contributed by atoms with E-state index in [-0.39, 0.29) is 18.5 Å². The third-order valence-electron chi connectivity index (χ3n) is 7.44. The quantitative estimate of drug-likeness (QED) is 0.276. The van der Waals surface area contributed by atoms with E-state index in [4.69, 9.17) is 10.00 Å². The fraction of sp³-hybridized carbons (Fsp3) is 0.615. The highest BCUT2D eigenvalue weighted by molar-refractivity contribution is 6.76. The summed E-state index contributed by atoms with van der Waals surface area (Å²) in [6, 6.07) is 2.40. The molecule has 0 saturated heterocycles. The summed E-state index contributed by atoms with van der Waals surface area (Å²) in [5, 5.41) is 12.2. The lowest BCUT2D eigenvalue weighted by Gasteiger charge is -2.31. The van der Waals surface area contributed by atoms with Crippen LogP contribution in [0.4, 0.5) is 13.2 Å². The highest BCUT2D eigenvalue weighted by Crippen LogP contribution is 2.34. The molecule has 9 nitrogen and oxygen atoms in total. The van der Waals surface area contributed by atoms with Crippen LogP contribution in [-0.4, -0.2) is 52.5 Å². The largest absolute Gasteiger partial charge is 0.404 e. The van der Waals surface area contributed by atoms with E-state index in [9.17, 15) is 22.8 Å². The molecule has 1 atom stereocenters. The molecule has 0 aromatic carbocycles. The highest BCUT2D eigenvalue weighted by Gasteiger charge is 2.39. The predicted octanol–water partition coefficient (Wildman–Crippen LogP) is 4.52. The lowest BCUT2D eigenvalue weighted by atomic mass is 9.85. The topological polar surface area (TPSA) is 118 Å². The zero-order valence-corrected chi connectivity index (χ0v) is 23.5. The van der Waals surface area contributed by atoms with Crippen molar-refractivity contribution in [2.24, 2.45) is 5.92 Å². The summed E-state index contributed by atoms with van der Waals surface area (Å²) in [7, 11) is -1.23. The molecule has 13 heteroatoms. The molecule has 0 amide bonds. The van der Waals surface area contributed by atoms with Crippen molar-refractivity contribution in [1.82, 2.24) is 24.4 Å². The molecule has 0 bridgehead atoms. The van der Waals surface area contributed by atoms with Crippen molar-refractivity contribution < 1.29 is 17.9 Å². The number of aromatic nitrogens is 4. The van der Waals surface area contributed by atoms with Crippen molar-refractivity contribution in [1.29, 1.82) is 5.26 Å². The number of nitrogens with one attached hydrogen (secondary N) is 2. The predicted molar refractivity (Wildman–Crippen MR) is 145 cm³/mol. The third kappa shape index (κ3) is 6.80. The standard InChI is InChI=1S/C26H35F3N6O3Si/c1-39(2,3)13-12-38-16-34-11-9-19-22-20(15-32-23(19)34)24(36)33-25(37)35(22)18-6-4-17(5-7-18)14-31-21(8-10-30)26(27,28)29/h9,11,15,17-18,21,31H,4-8,12-14,16H2,1-3H3,(H,33,36,37). The van der Waals surface area contributed by atoms with Crippen LogP contribution in [0.1, 0.15) is 38.1 Å². The highest BCUT2D eigenvalue weighted by atomic mass is 28.3. The molecular formula is C26H35F3N6O3Si. The van der Waals surface area contributed by atoms with E-state index < -0.39 is 38.0 Å². The van der Waals surface area contributed by atoms with Crippen molar-refractivity contribution in [2.45, 2.75) is 82.8 Å². The first-order valence-corrected chi connectivity index (χ1v) is 17.0. The summed E-state index contributed by atoms with van der Waals surface area (Å²) in [6.07, 6.45) is 0.577. The van der Waals surface area contributed by atoms with Gasteiger partial charge in [-0.25, -0.2) is 9.78 Å². The fourth-order valence-electron chi connectivity index (χ4n) is 5.18. The Bertz CT molecular complexity index is 1460. The molecule has 1 unspecified atom stereocenters. The second-order valence-electron chi connectivity index (χ2n) is 11.6. The summed E-state index contributed by atoms with van der Waals surface area (Å²) in [4.78, 5) is 32.6. The summed E-state index contributed by atoms with van der Waals surface area (Å²) in [6.45, 7) is 7.95. The molecule has 212 valence electrons. The van der Waals surface area contributed by atoms with Gasteiger partial charge in [0, 0.05) is 38.5 Å². The van der Waals surface area contributed by atoms with Gasteiger partial charge >= 0.3 is 11.9 Å². The van der Waals surface area contributed by atoms with Gasteiger partial charge in [0.15, 0.2) is 0 Å². The molecule has 0 radical (unpaired) electrons. The molecule has 1 saturated carbocycles. The number of nitriles is 1. The van der Waals surface area contributed by atoms with Crippen molar-refractivity contribution >= 4 is 30.0 Å². The second-order valence-corrected chi connectivity index (χ2v) is 17.2. The Labute approximate surface area is 225 Å². The number of hydrogen-bond donors (Lipinski definition) is 2. The van der Waals surface area contributed by atoms with E-state index in [0.29, 0.717) is 61.0 Å². The SMILES string of the molecule is C[Si](C)(C)CCOCn1ccc2c1ncc1c(=O)[nH]c(=O)n(C3CCC(CNC(CC#N)C(F)(F)F)CC3)c12. The number of halogens is 3. The molecule has 1 aliphatic rings. The summed E-state index contributed by atoms with van der Waals surface area (Å²) >= 11 is 0. The molecule has 0 aliphatic heterocycles. The minimum atomic E-state index is -4.48. The molecule has 2 N–H and O–H groups in total. The summed E-state index contributed by atoms with van der Waals surface area (Å²) in [5.74, 6) is -0.00871. The van der Waals surface area contributed by atoms with E-state index in [1.165, 1.54) is 6.20 Å². The lowest BCUT2D eigenvalue weighted by molar-refractivity contribution is -0.155. The Hall–Kier alpha value is -2.95. The molecular weight excluding hydrogens is 529 g/mol. The number of alkyl halides is 3. The van der Waals surface area contributed by atoms with E-state index in [1.807, 2.05) is 16.8 Å². The van der Waals surface area contributed by atoms with Crippen molar-refractivity contribution in [3.63, 3.8) is 0 Å².